The second-order valence-corrected chi connectivity index (χ2v) is 15.1. The van der Waals surface area contributed by atoms with Crippen LogP contribution in [0.4, 0.5) is 29.1 Å². The third kappa shape index (κ3) is 4.86. The highest BCUT2D eigenvalue weighted by atomic mass is 35.5. The topological polar surface area (TPSA) is 111 Å². The molecule has 2 aliphatic heterocycles. The molecule has 0 spiro atoms. The predicted molar refractivity (Wildman–Crippen MR) is 187 cm³/mol. The van der Waals surface area contributed by atoms with Gasteiger partial charge in [0, 0.05) is 18.5 Å². The zero-order chi connectivity index (χ0) is 37.9. The first-order valence-corrected chi connectivity index (χ1v) is 17.4. The molecule has 16 heteroatoms. The normalized spacial score (nSPS) is 28.3. The lowest BCUT2D eigenvalue weighted by Crippen LogP contribution is -2.60. The average molecular weight is 788 g/mol. The highest BCUT2D eigenvalue weighted by Gasteiger charge is 2.77. The molecule has 3 heterocycles. The number of anilines is 2. The van der Waals surface area contributed by atoms with E-state index in [0.717, 1.165) is 28.1 Å². The number of benzene rings is 3. The van der Waals surface area contributed by atoms with Crippen molar-refractivity contribution in [3.63, 3.8) is 0 Å². The van der Waals surface area contributed by atoms with Crippen LogP contribution in [-0.2, 0) is 25.4 Å². The van der Waals surface area contributed by atoms with Gasteiger partial charge in [-0.3, -0.25) is 24.2 Å². The molecule has 1 aromatic heterocycles. The third-order valence-corrected chi connectivity index (χ3v) is 12.5. The summed E-state index contributed by atoms with van der Waals surface area (Å²) < 4.78 is 54.8. The summed E-state index contributed by atoms with van der Waals surface area (Å²) >= 11 is 21.1. The Morgan fingerprint density at radius 3 is 2.30 bits per heavy atom. The van der Waals surface area contributed by atoms with E-state index < -0.39 is 87.0 Å². The molecule has 4 amide bonds. The molecule has 4 aromatic rings. The summed E-state index contributed by atoms with van der Waals surface area (Å²) in [5, 5.41) is 13.9. The van der Waals surface area contributed by atoms with Crippen LogP contribution in [-0.4, -0.2) is 55.5 Å². The average Bonchev–Trinajstić information content (AvgIpc) is 3.46. The summed E-state index contributed by atoms with van der Waals surface area (Å²) in [7, 11) is 1.18. The van der Waals surface area contributed by atoms with Gasteiger partial charge in [-0.2, -0.15) is 18.2 Å². The highest BCUT2D eigenvalue weighted by Crippen LogP contribution is 2.67. The number of aromatic nitrogens is 1. The lowest BCUT2D eigenvalue weighted by Gasteiger charge is -2.51. The van der Waals surface area contributed by atoms with Gasteiger partial charge in [0.25, 0.3) is 23.6 Å². The molecule has 4 aliphatic rings. The number of rotatable bonds is 4. The van der Waals surface area contributed by atoms with Crippen LogP contribution in [0, 0.1) is 23.6 Å². The summed E-state index contributed by atoms with van der Waals surface area (Å²) in [6, 6.07) is 16.2. The number of pyridine rings is 1. The van der Waals surface area contributed by atoms with Crippen molar-refractivity contribution in [3.8, 4) is 5.75 Å². The van der Waals surface area contributed by atoms with Gasteiger partial charge in [-0.15, -0.1) is 23.2 Å². The van der Waals surface area contributed by atoms with Gasteiger partial charge >= 0.3 is 6.18 Å². The van der Waals surface area contributed by atoms with Crippen LogP contribution in [0.1, 0.15) is 30.0 Å². The van der Waals surface area contributed by atoms with Gasteiger partial charge in [-0.05, 0) is 72.0 Å². The van der Waals surface area contributed by atoms with Crippen LogP contribution >= 0.6 is 34.8 Å². The fraction of sp³-hybridized carbons (Fsp3) is 0.270. The fourth-order valence-electron chi connectivity index (χ4n) is 8.49. The standard InChI is InChI=1S/C37H25Cl3F4N4O5/c1-46(30-24(38)13-15-26(45-30)37(42,43)44)48-31(50)22-12-11-21-23(27(22)32(48)51)16-35(39)33(52)47(19-9-7-18(41)8-10-19)34(53)36(35,40)29(21)28-20-5-3-2-4-17(20)6-14-25(28)49/h2-11,13-15,22-23,27,29,49H,12,16H2,1H3. The van der Waals surface area contributed by atoms with Crippen molar-refractivity contribution in [1.82, 2.24) is 9.99 Å². The number of nitrogens with zero attached hydrogens (tertiary/aromatic N) is 4. The van der Waals surface area contributed by atoms with E-state index in [1.807, 2.05) is 0 Å². The second kappa shape index (κ2) is 11.9. The van der Waals surface area contributed by atoms with Gasteiger partial charge in [-0.25, -0.2) is 14.3 Å². The Bertz CT molecular complexity index is 2320. The van der Waals surface area contributed by atoms with Gasteiger partial charge < -0.3 is 5.11 Å². The van der Waals surface area contributed by atoms with E-state index in [-0.39, 0.29) is 28.4 Å². The lowest BCUT2D eigenvalue weighted by atomic mass is 9.56. The summed E-state index contributed by atoms with van der Waals surface area (Å²) in [6.07, 6.45) is -3.69. The third-order valence-electron chi connectivity index (χ3n) is 10.8. The Labute approximate surface area is 313 Å². The molecule has 9 nitrogen and oxygen atoms in total. The van der Waals surface area contributed by atoms with Crippen molar-refractivity contribution in [2.24, 2.45) is 17.8 Å². The minimum Gasteiger partial charge on any atom is -0.508 e. The van der Waals surface area contributed by atoms with Crippen molar-refractivity contribution in [2.45, 2.75) is 34.7 Å². The van der Waals surface area contributed by atoms with E-state index in [9.17, 15) is 41.8 Å². The van der Waals surface area contributed by atoms with Crippen molar-refractivity contribution in [2.75, 3.05) is 17.0 Å². The Morgan fingerprint density at radius 2 is 1.60 bits per heavy atom. The van der Waals surface area contributed by atoms with Crippen LogP contribution in [0.3, 0.4) is 0 Å². The molecular weight excluding hydrogens is 763 g/mol. The van der Waals surface area contributed by atoms with Crippen LogP contribution in [0.25, 0.3) is 10.8 Å². The molecule has 53 heavy (non-hydrogen) atoms. The Morgan fingerprint density at radius 1 is 0.906 bits per heavy atom. The lowest BCUT2D eigenvalue weighted by molar-refractivity contribution is -0.141. The predicted octanol–water partition coefficient (Wildman–Crippen LogP) is 7.37. The molecular formula is C37H25Cl3F4N4O5. The second-order valence-electron chi connectivity index (χ2n) is 13.5. The maximum Gasteiger partial charge on any atom is 0.433 e. The molecule has 2 saturated heterocycles. The largest absolute Gasteiger partial charge is 0.508 e. The van der Waals surface area contributed by atoms with Crippen molar-refractivity contribution in [1.29, 1.82) is 0 Å². The number of halogens is 7. The maximum absolute atomic E-state index is 14.7. The van der Waals surface area contributed by atoms with Gasteiger partial charge in [-0.1, -0.05) is 53.6 Å². The van der Waals surface area contributed by atoms with Crippen molar-refractivity contribution in [3.05, 3.63) is 107 Å². The number of aromatic hydroxyl groups is 1. The van der Waals surface area contributed by atoms with Crippen molar-refractivity contribution < 1.29 is 41.8 Å². The number of carbonyl (C=O) groups is 4. The van der Waals surface area contributed by atoms with Crippen LogP contribution in [0.15, 0.2) is 84.4 Å². The molecule has 3 fully saturated rings. The van der Waals surface area contributed by atoms with E-state index in [2.05, 4.69) is 4.98 Å². The number of allylic oxidation sites excluding steroid dienone is 2. The van der Waals surface area contributed by atoms with E-state index in [1.165, 1.54) is 25.2 Å². The summed E-state index contributed by atoms with van der Waals surface area (Å²) in [5.74, 6) is -9.57. The quantitative estimate of drug-likeness (QED) is 0.0996. The molecule has 1 saturated carbocycles. The summed E-state index contributed by atoms with van der Waals surface area (Å²) in [5.41, 5.74) is -0.790. The number of imide groups is 2. The van der Waals surface area contributed by atoms with E-state index in [1.54, 1.807) is 36.4 Å². The number of phenols is 1. The summed E-state index contributed by atoms with van der Waals surface area (Å²) in [4.78, 5) is 57.5. The zero-order valence-electron chi connectivity index (χ0n) is 27.2. The molecule has 0 bridgehead atoms. The van der Waals surface area contributed by atoms with Crippen LogP contribution in [0.5, 0.6) is 5.75 Å². The van der Waals surface area contributed by atoms with Gasteiger partial charge in [0.05, 0.1) is 22.5 Å². The number of fused-ring (bicyclic) bond motifs is 5. The SMILES string of the molecule is CN(c1nc(C(F)(F)F)ccc1Cl)N1C(=O)C2CC=C3C(CC4(Cl)C(=O)N(c5ccc(F)cc5)C(=O)C4(Cl)C3c3c(O)ccc4ccccc34)C2C1=O. The number of alkyl halides is 5. The summed E-state index contributed by atoms with van der Waals surface area (Å²) in [6.45, 7) is 0. The number of hydrogen-bond donors (Lipinski definition) is 1. The molecule has 1 N–H and O–H groups in total. The monoisotopic (exact) mass is 786 g/mol. The number of phenolic OH excluding ortho intramolecular Hbond substituents is 1. The molecule has 272 valence electrons. The minimum absolute atomic E-state index is 0.0167. The number of hydrazine groups is 1. The Balaban J connectivity index is 1.29. The van der Waals surface area contributed by atoms with Crippen LogP contribution < -0.4 is 9.91 Å². The van der Waals surface area contributed by atoms with E-state index in [0.29, 0.717) is 27.4 Å². The molecule has 8 rings (SSSR count). The molecule has 2 aliphatic carbocycles. The van der Waals surface area contributed by atoms with Gasteiger partial charge in [0.1, 0.15) is 17.3 Å². The van der Waals surface area contributed by atoms with Gasteiger partial charge in [0.2, 0.25) is 0 Å². The number of hydrogen-bond acceptors (Lipinski definition) is 7. The highest BCUT2D eigenvalue weighted by molar-refractivity contribution is 6.58. The van der Waals surface area contributed by atoms with Crippen LogP contribution in [0.2, 0.25) is 5.02 Å². The molecule has 0 radical (unpaired) electrons. The molecule has 3 aromatic carbocycles. The first-order valence-electron chi connectivity index (χ1n) is 16.3. The minimum atomic E-state index is -4.86. The van der Waals surface area contributed by atoms with Crippen molar-refractivity contribution >= 4 is 80.7 Å². The van der Waals surface area contributed by atoms with E-state index in [4.69, 9.17) is 34.8 Å². The Kier molecular flexibility index (Phi) is 7.92. The van der Waals surface area contributed by atoms with E-state index >= 15 is 0 Å². The number of amides is 4. The smallest absolute Gasteiger partial charge is 0.433 e. The maximum atomic E-state index is 14.7. The van der Waals surface area contributed by atoms with Gasteiger partial charge in [0.15, 0.2) is 15.6 Å². The first kappa shape index (κ1) is 35.3. The molecule has 6 atom stereocenters. The fourth-order valence-corrected chi connectivity index (χ4v) is 9.64. The molecule has 6 unspecified atom stereocenters. The number of carbonyl (C=O) groups excluding carboxylic acids is 4. The first-order chi connectivity index (χ1) is 25.0. The Hall–Kier alpha value is -4.72. The zero-order valence-corrected chi connectivity index (χ0v) is 29.5.